The number of carbonyl (C=O) groups excluding carboxylic acids is 2. The van der Waals surface area contributed by atoms with Crippen molar-refractivity contribution in [2.45, 2.75) is 30.7 Å². The van der Waals surface area contributed by atoms with Crippen LogP contribution in [0.4, 0.5) is 5.69 Å². The Kier molecular flexibility index (Phi) is 9.26. The molecule has 0 saturated heterocycles. The molecular formula is C27H30N2O7S. The topological polar surface area (TPSA) is 120 Å². The average Bonchev–Trinajstić information content (AvgIpc) is 2.91. The molecule has 1 atom stereocenters. The standard InChI is InChI=1S/C27H30N2O7S/c1-18(20-8-6-5-7-9-20)29-37(32,33)21-13-10-19(11-14-21)12-15-26(30)28-23-17-25(35-3)24(34-2)16-22(23)27(31)36-4/h5-11,13-14,16-18,29H,12,15H2,1-4H3,(H,28,30)/t18-/m0/s1. The molecule has 0 radical (unpaired) electrons. The molecule has 0 heterocycles. The maximum absolute atomic E-state index is 12.8. The summed E-state index contributed by atoms with van der Waals surface area (Å²) in [6.07, 6.45) is 0.463. The number of sulfonamides is 1. The highest BCUT2D eigenvalue weighted by atomic mass is 32.2. The first-order chi connectivity index (χ1) is 17.7. The van der Waals surface area contributed by atoms with Crippen molar-refractivity contribution in [1.82, 2.24) is 4.72 Å². The quantitative estimate of drug-likeness (QED) is 0.361. The second kappa shape index (κ2) is 12.4. The van der Waals surface area contributed by atoms with Crippen LogP contribution in [0, 0.1) is 0 Å². The number of hydrogen-bond acceptors (Lipinski definition) is 7. The molecule has 3 aromatic carbocycles. The number of aryl methyl sites for hydroxylation is 1. The van der Waals surface area contributed by atoms with Gasteiger partial charge in [0.15, 0.2) is 11.5 Å². The van der Waals surface area contributed by atoms with Crippen molar-refractivity contribution in [3.63, 3.8) is 0 Å². The average molecular weight is 527 g/mol. The first-order valence-corrected chi connectivity index (χ1v) is 13.0. The van der Waals surface area contributed by atoms with Crippen LogP contribution in [-0.4, -0.2) is 41.6 Å². The van der Waals surface area contributed by atoms with Crippen LogP contribution in [0.1, 0.15) is 40.9 Å². The van der Waals surface area contributed by atoms with E-state index in [4.69, 9.17) is 14.2 Å². The zero-order valence-electron chi connectivity index (χ0n) is 21.1. The maximum atomic E-state index is 12.8. The predicted octanol–water partition coefficient (Wildman–Crippen LogP) is 4.10. The number of hydrogen-bond donors (Lipinski definition) is 2. The van der Waals surface area contributed by atoms with Crippen LogP contribution in [0.3, 0.4) is 0 Å². The number of nitrogens with one attached hydrogen (secondary N) is 2. The van der Waals surface area contributed by atoms with E-state index in [2.05, 4.69) is 10.0 Å². The highest BCUT2D eigenvalue weighted by molar-refractivity contribution is 7.89. The largest absolute Gasteiger partial charge is 0.493 e. The molecule has 9 nitrogen and oxygen atoms in total. The lowest BCUT2D eigenvalue weighted by Gasteiger charge is -2.15. The summed E-state index contributed by atoms with van der Waals surface area (Å²) in [6.45, 7) is 1.78. The second-order valence-corrected chi connectivity index (χ2v) is 9.90. The number of benzene rings is 3. The van der Waals surface area contributed by atoms with Crippen molar-refractivity contribution in [1.29, 1.82) is 0 Å². The Morgan fingerprint density at radius 3 is 2.11 bits per heavy atom. The smallest absolute Gasteiger partial charge is 0.340 e. The van der Waals surface area contributed by atoms with Crippen LogP contribution >= 0.6 is 0 Å². The minimum atomic E-state index is -3.72. The number of rotatable bonds is 11. The third kappa shape index (κ3) is 7.08. The maximum Gasteiger partial charge on any atom is 0.340 e. The number of amides is 1. The Morgan fingerprint density at radius 1 is 0.892 bits per heavy atom. The number of carbonyl (C=O) groups is 2. The van der Waals surface area contributed by atoms with Crippen LogP contribution in [0.25, 0.3) is 0 Å². The van der Waals surface area contributed by atoms with Crippen molar-refractivity contribution in [2.75, 3.05) is 26.6 Å². The third-order valence-corrected chi connectivity index (χ3v) is 7.27. The fourth-order valence-electron chi connectivity index (χ4n) is 3.68. The summed E-state index contributed by atoms with van der Waals surface area (Å²) >= 11 is 0. The summed E-state index contributed by atoms with van der Waals surface area (Å²) in [5.74, 6) is -0.309. The molecular weight excluding hydrogens is 496 g/mol. The predicted molar refractivity (Wildman–Crippen MR) is 139 cm³/mol. The first kappa shape index (κ1) is 27.7. The molecule has 196 valence electrons. The lowest BCUT2D eigenvalue weighted by molar-refractivity contribution is -0.116. The lowest BCUT2D eigenvalue weighted by Crippen LogP contribution is -2.26. The Hall–Kier alpha value is -3.89. The summed E-state index contributed by atoms with van der Waals surface area (Å²) < 4.78 is 43.5. The summed E-state index contributed by atoms with van der Waals surface area (Å²) in [5, 5.41) is 2.71. The van der Waals surface area contributed by atoms with Gasteiger partial charge in [-0.25, -0.2) is 17.9 Å². The molecule has 0 bridgehead atoms. The number of anilines is 1. The zero-order chi connectivity index (χ0) is 27.0. The minimum absolute atomic E-state index is 0.102. The highest BCUT2D eigenvalue weighted by Crippen LogP contribution is 2.34. The molecule has 37 heavy (non-hydrogen) atoms. The molecule has 10 heteroatoms. The minimum Gasteiger partial charge on any atom is -0.493 e. The zero-order valence-corrected chi connectivity index (χ0v) is 21.9. The van der Waals surface area contributed by atoms with Crippen molar-refractivity contribution >= 4 is 27.6 Å². The normalized spacial score (nSPS) is 11.9. The van der Waals surface area contributed by atoms with Gasteiger partial charge >= 0.3 is 5.97 Å². The second-order valence-electron chi connectivity index (χ2n) is 8.19. The van der Waals surface area contributed by atoms with E-state index < -0.39 is 16.0 Å². The van der Waals surface area contributed by atoms with Gasteiger partial charge in [0, 0.05) is 24.6 Å². The molecule has 3 rings (SSSR count). The summed E-state index contributed by atoms with van der Waals surface area (Å²) in [7, 11) is 0.408. The van der Waals surface area contributed by atoms with E-state index in [1.165, 1.54) is 45.6 Å². The Bertz CT molecular complexity index is 1340. The SMILES string of the molecule is COC(=O)c1cc(OC)c(OC)cc1NC(=O)CCc1ccc(S(=O)(=O)N[C@@H](C)c2ccccc2)cc1. The van der Waals surface area contributed by atoms with Gasteiger partial charge in [-0.15, -0.1) is 0 Å². The number of ether oxygens (including phenoxy) is 3. The van der Waals surface area contributed by atoms with E-state index in [1.54, 1.807) is 19.1 Å². The van der Waals surface area contributed by atoms with E-state index in [0.29, 0.717) is 17.9 Å². The molecule has 0 aliphatic heterocycles. The van der Waals surface area contributed by atoms with Crippen molar-refractivity contribution in [3.05, 3.63) is 83.4 Å². The molecule has 0 fully saturated rings. The first-order valence-electron chi connectivity index (χ1n) is 11.5. The lowest BCUT2D eigenvalue weighted by atomic mass is 10.1. The molecule has 0 aliphatic rings. The van der Waals surface area contributed by atoms with Crippen LogP contribution in [-0.2, 0) is 26.0 Å². The van der Waals surface area contributed by atoms with E-state index in [-0.39, 0.29) is 34.5 Å². The van der Waals surface area contributed by atoms with Gasteiger partial charge in [-0.3, -0.25) is 4.79 Å². The third-order valence-electron chi connectivity index (χ3n) is 5.71. The molecule has 3 aromatic rings. The van der Waals surface area contributed by atoms with E-state index in [9.17, 15) is 18.0 Å². The van der Waals surface area contributed by atoms with E-state index in [1.807, 2.05) is 30.3 Å². The van der Waals surface area contributed by atoms with Crippen molar-refractivity contribution in [2.24, 2.45) is 0 Å². The fourth-order valence-corrected chi connectivity index (χ4v) is 4.91. The monoisotopic (exact) mass is 526 g/mol. The molecule has 0 aliphatic carbocycles. The Balaban J connectivity index is 1.65. The van der Waals surface area contributed by atoms with Gasteiger partial charge in [0.25, 0.3) is 0 Å². The number of esters is 1. The summed E-state index contributed by atoms with van der Waals surface area (Å²) in [6, 6.07) is 18.2. The molecule has 0 aromatic heterocycles. The molecule has 2 N–H and O–H groups in total. The van der Waals surface area contributed by atoms with Gasteiger partial charge in [0.1, 0.15) is 0 Å². The van der Waals surface area contributed by atoms with Gasteiger partial charge in [-0.1, -0.05) is 42.5 Å². The van der Waals surface area contributed by atoms with E-state index >= 15 is 0 Å². The van der Waals surface area contributed by atoms with Crippen LogP contribution in [0.5, 0.6) is 11.5 Å². The van der Waals surface area contributed by atoms with Gasteiger partial charge in [-0.2, -0.15) is 0 Å². The fraction of sp³-hybridized carbons (Fsp3) is 0.259. The number of methoxy groups -OCH3 is 3. The Morgan fingerprint density at radius 2 is 1.51 bits per heavy atom. The summed E-state index contributed by atoms with van der Waals surface area (Å²) in [5.41, 5.74) is 2.00. The van der Waals surface area contributed by atoms with Crippen LogP contribution in [0.2, 0.25) is 0 Å². The van der Waals surface area contributed by atoms with Crippen LogP contribution < -0.4 is 19.5 Å². The molecule has 0 spiro atoms. The van der Waals surface area contributed by atoms with Gasteiger partial charge in [0.05, 0.1) is 37.5 Å². The van der Waals surface area contributed by atoms with Crippen molar-refractivity contribution in [3.8, 4) is 11.5 Å². The van der Waals surface area contributed by atoms with Crippen LogP contribution in [0.15, 0.2) is 71.6 Å². The molecule has 0 saturated carbocycles. The van der Waals surface area contributed by atoms with Gasteiger partial charge in [0.2, 0.25) is 15.9 Å². The van der Waals surface area contributed by atoms with Gasteiger partial charge < -0.3 is 19.5 Å². The van der Waals surface area contributed by atoms with Gasteiger partial charge in [-0.05, 0) is 36.6 Å². The highest BCUT2D eigenvalue weighted by Gasteiger charge is 2.20. The Labute approximate surface area is 216 Å². The van der Waals surface area contributed by atoms with Crippen molar-refractivity contribution < 1.29 is 32.2 Å². The summed E-state index contributed by atoms with van der Waals surface area (Å²) in [4.78, 5) is 25.0. The van der Waals surface area contributed by atoms with E-state index in [0.717, 1.165) is 11.1 Å². The molecule has 1 amide bonds. The molecule has 0 unspecified atom stereocenters.